The number of benzene rings is 1. The molecule has 4 nitrogen and oxygen atoms in total. The molecule has 1 saturated heterocycles. The molecule has 1 aromatic carbocycles. The first kappa shape index (κ1) is 14.6. The zero-order chi connectivity index (χ0) is 14.0. The standard InChI is InChI=1S/C12H15ClN2O2S2/c13-8-1-2-11(10(7-8)12(14)18)15-9-3-5-19(16,17)6-4-9/h1-2,7,9,15H,3-6H2,(H2,14,18). The number of thiocarbonyl (C=S) groups is 1. The maximum atomic E-state index is 11.4. The van der Waals surface area contributed by atoms with Gasteiger partial charge in [-0.05, 0) is 31.0 Å². The lowest BCUT2D eigenvalue weighted by Gasteiger charge is -2.25. The van der Waals surface area contributed by atoms with Crippen LogP contribution in [0.2, 0.25) is 5.02 Å². The van der Waals surface area contributed by atoms with E-state index in [0.717, 1.165) is 5.69 Å². The first-order valence-electron chi connectivity index (χ1n) is 5.94. The van der Waals surface area contributed by atoms with Crippen LogP contribution in [0.3, 0.4) is 0 Å². The van der Waals surface area contributed by atoms with Crippen LogP contribution in [0, 0.1) is 0 Å². The van der Waals surface area contributed by atoms with Crippen LogP contribution < -0.4 is 11.1 Å². The van der Waals surface area contributed by atoms with Gasteiger partial charge in [-0.3, -0.25) is 0 Å². The van der Waals surface area contributed by atoms with Crippen molar-refractivity contribution in [2.24, 2.45) is 5.73 Å². The smallest absolute Gasteiger partial charge is 0.150 e. The molecule has 1 aromatic rings. The number of halogens is 1. The number of nitrogens with one attached hydrogen (secondary N) is 1. The molecule has 0 saturated carbocycles. The second kappa shape index (κ2) is 5.64. The van der Waals surface area contributed by atoms with Gasteiger partial charge in [-0.2, -0.15) is 0 Å². The lowest BCUT2D eigenvalue weighted by atomic mass is 10.1. The summed E-state index contributed by atoms with van der Waals surface area (Å²) < 4.78 is 22.8. The van der Waals surface area contributed by atoms with Crippen LogP contribution in [0.4, 0.5) is 5.69 Å². The summed E-state index contributed by atoms with van der Waals surface area (Å²) in [5.74, 6) is 0.446. The Bertz CT molecular complexity index is 588. The molecular formula is C12H15ClN2O2S2. The number of hydrogen-bond acceptors (Lipinski definition) is 4. The van der Waals surface area contributed by atoms with Gasteiger partial charge in [0.1, 0.15) is 14.8 Å². The fourth-order valence-corrected chi connectivity index (χ4v) is 3.93. The van der Waals surface area contributed by atoms with Gasteiger partial charge in [-0.1, -0.05) is 23.8 Å². The van der Waals surface area contributed by atoms with Gasteiger partial charge >= 0.3 is 0 Å². The SMILES string of the molecule is NC(=S)c1cc(Cl)ccc1NC1CCS(=O)(=O)CC1. The topological polar surface area (TPSA) is 72.2 Å². The minimum absolute atomic E-state index is 0.123. The van der Waals surface area contributed by atoms with Crippen LogP contribution in [0.5, 0.6) is 0 Å². The zero-order valence-electron chi connectivity index (χ0n) is 10.2. The lowest BCUT2D eigenvalue weighted by molar-refractivity contribution is 0.559. The first-order chi connectivity index (χ1) is 8.87. The largest absolute Gasteiger partial charge is 0.389 e. The molecule has 0 radical (unpaired) electrons. The Morgan fingerprint density at radius 3 is 2.58 bits per heavy atom. The van der Waals surface area contributed by atoms with E-state index >= 15 is 0 Å². The van der Waals surface area contributed by atoms with Gasteiger partial charge in [0.2, 0.25) is 0 Å². The van der Waals surface area contributed by atoms with E-state index in [1.54, 1.807) is 12.1 Å². The summed E-state index contributed by atoms with van der Waals surface area (Å²) in [6.45, 7) is 0. The Hall–Kier alpha value is -0.850. The second-order valence-corrected chi connectivity index (χ2v) is 7.80. The Morgan fingerprint density at radius 1 is 1.37 bits per heavy atom. The fraction of sp³-hybridized carbons (Fsp3) is 0.417. The van der Waals surface area contributed by atoms with Crippen LogP contribution in [0.25, 0.3) is 0 Å². The number of anilines is 1. The molecular weight excluding hydrogens is 304 g/mol. The molecule has 1 fully saturated rings. The molecule has 0 atom stereocenters. The normalized spacial score (nSPS) is 19.0. The molecule has 1 heterocycles. The lowest BCUT2D eigenvalue weighted by Crippen LogP contribution is -2.32. The molecule has 19 heavy (non-hydrogen) atoms. The van der Waals surface area contributed by atoms with Gasteiger partial charge in [0.15, 0.2) is 0 Å². The van der Waals surface area contributed by atoms with Gasteiger partial charge in [0.05, 0.1) is 11.5 Å². The first-order valence-corrected chi connectivity index (χ1v) is 8.54. The average molecular weight is 319 g/mol. The summed E-state index contributed by atoms with van der Waals surface area (Å²) in [5, 5.41) is 3.87. The average Bonchev–Trinajstić information content (AvgIpc) is 2.33. The maximum Gasteiger partial charge on any atom is 0.150 e. The molecule has 2 rings (SSSR count). The fourth-order valence-electron chi connectivity index (χ4n) is 2.10. The van der Waals surface area contributed by atoms with Crippen molar-refractivity contribution >= 4 is 44.3 Å². The summed E-state index contributed by atoms with van der Waals surface area (Å²) in [6, 6.07) is 5.41. The molecule has 3 N–H and O–H groups in total. The quantitative estimate of drug-likeness (QED) is 0.834. The molecule has 0 aromatic heterocycles. The summed E-state index contributed by atoms with van der Waals surface area (Å²) >= 11 is 10.9. The highest BCUT2D eigenvalue weighted by Crippen LogP contribution is 2.24. The molecule has 7 heteroatoms. The van der Waals surface area contributed by atoms with Crippen LogP contribution in [-0.2, 0) is 9.84 Å². The summed E-state index contributed by atoms with van der Waals surface area (Å²) in [4.78, 5) is 0.272. The number of sulfone groups is 1. The molecule has 0 amide bonds. The minimum Gasteiger partial charge on any atom is -0.389 e. The van der Waals surface area contributed by atoms with Crippen molar-refractivity contribution in [3.63, 3.8) is 0 Å². The highest BCUT2D eigenvalue weighted by Gasteiger charge is 2.24. The second-order valence-electron chi connectivity index (χ2n) is 4.62. The number of nitrogens with two attached hydrogens (primary N) is 1. The van der Waals surface area contributed by atoms with Crippen molar-refractivity contribution in [1.82, 2.24) is 0 Å². The molecule has 0 unspecified atom stereocenters. The minimum atomic E-state index is -2.85. The predicted molar refractivity (Wildman–Crippen MR) is 82.6 cm³/mol. The van der Waals surface area contributed by atoms with E-state index in [-0.39, 0.29) is 22.5 Å². The van der Waals surface area contributed by atoms with Crippen molar-refractivity contribution in [3.8, 4) is 0 Å². The Labute approximate surface area is 123 Å². The van der Waals surface area contributed by atoms with E-state index in [2.05, 4.69) is 5.32 Å². The van der Waals surface area contributed by atoms with E-state index in [1.807, 2.05) is 6.07 Å². The van der Waals surface area contributed by atoms with Gasteiger partial charge in [-0.15, -0.1) is 0 Å². The highest BCUT2D eigenvalue weighted by atomic mass is 35.5. The molecule has 0 spiro atoms. The Kier molecular flexibility index (Phi) is 4.32. The van der Waals surface area contributed by atoms with Crippen LogP contribution >= 0.6 is 23.8 Å². The monoisotopic (exact) mass is 318 g/mol. The summed E-state index contributed by atoms with van der Waals surface area (Å²) in [5.41, 5.74) is 7.17. The van der Waals surface area contributed by atoms with E-state index in [0.29, 0.717) is 23.4 Å². The van der Waals surface area contributed by atoms with Crippen LogP contribution in [0.15, 0.2) is 18.2 Å². The molecule has 0 aliphatic carbocycles. The van der Waals surface area contributed by atoms with Crippen molar-refractivity contribution in [3.05, 3.63) is 28.8 Å². The molecule has 1 aliphatic heterocycles. The zero-order valence-corrected chi connectivity index (χ0v) is 12.6. The molecule has 1 aliphatic rings. The van der Waals surface area contributed by atoms with Gasteiger partial charge in [0, 0.05) is 22.3 Å². The summed E-state index contributed by atoms with van der Waals surface area (Å²) in [7, 11) is -2.85. The molecule has 104 valence electrons. The third-order valence-electron chi connectivity index (χ3n) is 3.16. The van der Waals surface area contributed by atoms with Crippen molar-refractivity contribution < 1.29 is 8.42 Å². The number of rotatable bonds is 3. The molecule has 0 bridgehead atoms. The van der Waals surface area contributed by atoms with Crippen LogP contribution in [0.1, 0.15) is 18.4 Å². The van der Waals surface area contributed by atoms with Crippen molar-refractivity contribution in [1.29, 1.82) is 0 Å². The van der Waals surface area contributed by atoms with Gasteiger partial charge in [0.25, 0.3) is 0 Å². The summed E-state index contributed by atoms with van der Waals surface area (Å²) in [6.07, 6.45) is 1.20. The van der Waals surface area contributed by atoms with E-state index in [9.17, 15) is 8.42 Å². The van der Waals surface area contributed by atoms with Gasteiger partial charge in [-0.25, -0.2) is 8.42 Å². The van der Waals surface area contributed by atoms with E-state index in [1.165, 1.54) is 0 Å². The third-order valence-corrected chi connectivity index (χ3v) is 5.33. The van der Waals surface area contributed by atoms with Crippen LogP contribution in [-0.4, -0.2) is 31.0 Å². The Morgan fingerprint density at radius 2 is 2.00 bits per heavy atom. The van der Waals surface area contributed by atoms with E-state index in [4.69, 9.17) is 29.6 Å². The predicted octanol–water partition coefficient (Wildman–Crippen LogP) is 1.96. The number of hydrogen-bond donors (Lipinski definition) is 2. The van der Waals surface area contributed by atoms with Gasteiger partial charge < -0.3 is 11.1 Å². The maximum absolute atomic E-state index is 11.4. The van der Waals surface area contributed by atoms with Crippen molar-refractivity contribution in [2.75, 3.05) is 16.8 Å². The third kappa shape index (κ3) is 3.81. The Balaban J connectivity index is 2.14. The highest BCUT2D eigenvalue weighted by molar-refractivity contribution is 7.91. The van der Waals surface area contributed by atoms with Crippen molar-refractivity contribution in [2.45, 2.75) is 18.9 Å². The van der Waals surface area contributed by atoms with E-state index < -0.39 is 9.84 Å².